The van der Waals surface area contributed by atoms with E-state index in [4.69, 9.17) is 5.84 Å². The van der Waals surface area contributed by atoms with Gasteiger partial charge in [-0.3, -0.25) is 10.8 Å². The van der Waals surface area contributed by atoms with Crippen LogP contribution in [0, 0.1) is 0 Å². The molecule has 0 saturated carbocycles. The highest BCUT2D eigenvalue weighted by atomic mass is 32.2. The number of benzene rings is 1. The first kappa shape index (κ1) is 15.4. The Bertz CT molecular complexity index is 689. The van der Waals surface area contributed by atoms with Crippen LogP contribution in [0.2, 0.25) is 0 Å². The van der Waals surface area contributed by atoms with Gasteiger partial charge in [-0.25, -0.2) is 13.1 Å². The molecule has 6 nitrogen and oxygen atoms in total. The Morgan fingerprint density at radius 2 is 1.95 bits per heavy atom. The van der Waals surface area contributed by atoms with Gasteiger partial charge in [0, 0.05) is 18.4 Å². The molecule has 1 heterocycles. The van der Waals surface area contributed by atoms with Crippen molar-refractivity contribution in [3.63, 3.8) is 0 Å². The van der Waals surface area contributed by atoms with E-state index in [-0.39, 0.29) is 10.9 Å². The molecule has 0 aliphatic heterocycles. The average molecular weight is 306 g/mol. The summed E-state index contributed by atoms with van der Waals surface area (Å²) in [5.41, 5.74) is 3.59. The molecular formula is C14H18N4O2S. The minimum absolute atomic E-state index is 0.0295. The first-order chi connectivity index (χ1) is 10.1. The number of sulfonamides is 1. The number of nitrogens with one attached hydrogen (secondary N) is 2. The molecule has 0 fully saturated rings. The number of hydrazine groups is 1. The maximum Gasteiger partial charge on any atom is 0.244 e. The molecule has 1 unspecified atom stereocenters. The van der Waals surface area contributed by atoms with E-state index in [0.29, 0.717) is 12.1 Å². The van der Waals surface area contributed by atoms with Gasteiger partial charge < -0.3 is 5.43 Å². The quantitative estimate of drug-likeness (QED) is 0.558. The topological polar surface area (TPSA) is 97.1 Å². The molecule has 0 aliphatic rings. The summed E-state index contributed by atoms with van der Waals surface area (Å²) >= 11 is 0. The van der Waals surface area contributed by atoms with Crippen LogP contribution in [-0.4, -0.2) is 13.4 Å². The summed E-state index contributed by atoms with van der Waals surface area (Å²) in [6, 6.07) is 10.6. The predicted molar refractivity (Wildman–Crippen MR) is 81.8 cm³/mol. The molecule has 1 aromatic heterocycles. The van der Waals surface area contributed by atoms with Gasteiger partial charge in [-0.1, -0.05) is 37.3 Å². The second-order valence-electron chi connectivity index (χ2n) is 4.51. The first-order valence-corrected chi connectivity index (χ1v) is 8.04. The van der Waals surface area contributed by atoms with Crippen LogP contribution in [0.3, 0.4) is 0 Å². The molecule has 0 aliphatic carbocycles. The van der Waals surface area contributed by atoms with Crippen LogP contribution in [0.25, 0.3) is 0 Å². The Balaban J connectivity index is 2.32. The molecule has 112 valence electrons. The third-order valence-electron chi connectivity index (χ3n) is 3.14. The number of nitrogen functional groups attached to an aromatic ring is 1. The van der Waals surface area contributed by atoms with Crippen molar-refractivity contribution < 1.29 is 8.42 Å². The largest absolute Gasteiger partial charge is 0.323 e. The average Bonchev–Trinajstić information content (AvgIpc) is 2.53. The van der Waals surface area contributed by atoms with E-state index in [1.54, 1.807) is 0 Å². The number of rotatable bonds is 6. The lowest BCUT2D eigenvalue weighted by molar-refractivity contribution is 0.550. The molecule has 1 aromatic carbocycles. The molecule has 4 N–H and O–H groups in total. The van der Waals surface area contributed by atoms with Gasteiger partial charge >= 0.3 is 0 Å². The van der Waals surface area contributed by atoms with Gasteiger partial charge in [0.15, 0.2) is 0 Å². The summed E-state index contributed by atoms with van der Waals surface area (Å²) in [5, 5.41) is 0. The Morgan fingerprint density at radius 3 is 2.57 bits per heavy atom. The fraction of sp³-hybridized carbons (Fsp3) is 0.214. The van der Waals surface area contributed by atoms with E-state index in [1.807, 2.05) is 37.3 Å². The van der Waals surface area contributed by atoms with Gasteiger partial charge in [-0.15, -0.1) is 0 Å². The zero-order valence-electron chi connectivity index (χ0n) is 11.7. The normalized spacial score (nSPS) is 12.9. The fourth-order valence-electron chi connectivity index (χ4n) is 2.04. The molecule has 2 rings (SSSR count). The van der Waals surface area contributed by atoms with Crippen molar-refractivity contribution in [2.75, 3.05) is 5.43 Å². The summed E-state index contributed by atoms with van der Waals surface area (Å²) in [7, 11) is -3.72. The second-order valence-corrected chi connectivity index (χ2v) is 6.19. The van der Waals surface area contributed by atoms with Crippen LogP contribution < -0.4 is 16.0 Å². The van der Waals surface area contributed by atoms with Crippen LogP contribution in [0.15, 0.2) is 53.7 Å². The van der Waals surface area contributed by atoms with Crippen LogP contribution in [0.1, 0.15) is 24.9 Å². The summed E-state index contributed by atoms with van der Waals surface area (Å²) in [6.45, 7) is 1.92. The van der Waals surface area contributed by atoms with Gasteiger partial charge in [-0.2, -0.15) is 0 Å². The van der Waals surface area contributed by atoms with Crippen LogP contribution >= 0.6 is 0 Å². The fourth-order valence-corrected chi connectivity index (χ4v) is 3.46. The van der Waals surface area contributed by atoms with Crippen molar-refractivity contribution >= 4 is 15.7 Å². The lowest BCUT2D eigenvalue weighted by atomic mass is 10.1. The molecular weight excluding hydrogens is 288 g/mol. The number of aromatic nitrogens is 1. The minimum atomic E-state index is -3.72. The lowest BCUT2D eigenvalue weighted by Crippen LogP contribution is -2.29. The van der Waals surface area contributed by atoms with Crippen LogP contribution in [0.4, 0.5) is 5.69 Å². The Morgan fingerprint density at radius 1 is 1.24 bits per heavy atom. The van der Waals surface area contributed by atoms with E-state index >= 15 is 0 Å². The van der Waals surface area contributed by atoms with E-state index in [2.05, 4.69) is 15.1 Å². The third-order valence-corrected chi connectivity index (χ3v) is 4.64. The zero-order valence-corrected chi connectivity index (χ0v) is 12.5. The molecule has 0 radical (unpaired) electrons. The summed E-state index contributed by atoms with van der Waals surface area (Å²) in [5.74, 6) is 5.35. The zero-order chi connectivity index (χ0) is 15.3. The monoisotopic (exact) mass is 306 g/mol. The smallest absolute Gasteiger partial charge is 0.244 e. The van der Waals surface area contributed by atoms with E-state index in [0.717, 1.165) is 5.56 Å². The van der Waals surface area contributed by atoms with Gasteiger partial charge in [0.2, 0.25) is 10.0 Å². The molecule has 0 amide bonds. The number of hydrogen-bond donors (Lipinski definition) is 3. The van der Waals surface area contributed by atoms with Crippen molar-refractivity contribution in [3.8, 4) is 0 Å². The third kappa shape index (κ3) is 3.57. The number of nitrogens with zero attached hydrogens (tertiary/aromatic N) is 1. The second kappa shape index (κ2) is 6.66. The van der Waals surface area contributed by atoms with Crippen molar-refractivity contribution in [2.45, 2.75) is 24.3 Å². The van der Waals surface area contributed by atoms with Crippen molar-refractivity contribution in [3.05, 3.63) is 54.4 Å². The Kier molecular flexibility index (Phi) is 4.89. The molecule has 0 spiro atoms. The Labute approximate surface area is 124 Å². The number of hydrogen-bond acceptors (Lipinski definition) is 5. The predicted octanol–water partition coefficient (Wildman–Crippen LogP) is 1.80. The highest BCUT2D eigenvalue weighted by Gasteiger charge is 2.23. The van der Waals surface area contributed by atoms with Gasteiger partial charge in [0.25, 0.3) is 0 Å². The van der Waals surface area contributed by atoms with Crippen molar-refractivity contribution in [2.24, 2.45) is 5.84 Å². The van der Waals surface area contributed by atoms with Gasteiger partial charge in [0.1, 0.15) is 4.90 Å². The van der Waals surface area contributed by atoms with Gasteiger partial charge in [-0.05, 0) is 18.1 Å². The number of anilines is 1. The SMILES string of the molecule is CCC(NS(=O)(=O)c1cnccc1NN)c1ccccc1. The van der Waals surface area contributed by atoms with Crippen molar-refractivity contribution in [1.29, 1.82) is 0 Å². The Hall–Kier alpha value is -1.96. The number of pyridine rings is 1. The number of nitrogens with two attached hydrogens (primary N) is 1. The van der Waals surface area contributed by atoms with Gasteiger partial charge in [0.05, 0.1) is 5.69 Å². The standard InChI is InChI=1S/C14H18N4O2S/c1-2-12(11-6-4-3-5-7-11)18-21(19,20)14-10-16-9-8-13(14)17-15/h3-10,12,18H,2,15H2,1H3,(H,16,17). The molecule has 0 saturated heterocycles. The van der Waals surface area contributed by atoms with E-state index in [1.165, 1.54) is 18.5 Å². The van der Waals surface area contributed by atoms with E-state index in [9.17, 15) is 8.42 Å². The lowest BCUT2D eigenvalue weighted by Gasteiger charge is -2.18. The van der Waals surface area contributed by atoms with Crippen molar-refractivity contribution in [1.82, 2.24) is 9.71 Å². The molecule has 7 heteroatoms. The summed E-state index contributed by atoms with van der Waals surface area (Å²) in [6.07, 6.45) is 3.38. The molecule has 1 atom stereocenters. The minimum Gasteiger partial charge on any atom is -0.323 e. The van der Waals surface area contributed by atoms with Crippen LogP contribution in [0.5, 0.6) is 0 Å². The summed E-state index contributed by atoms with van der Waals surface area (Å²) in [4.78, 5) is 3.88. The highest BCUT2D eigenvalue weighted by molar-refractivity contribution is 7.89. The molecule has 2 aromatic rings. The maximum atomic E-state index is 12.5. The van der Waals surface area contributed by atoms with Crippen LogP contribution in [-0.2, 0) is 10.0 Å². The van der Waals surface area contributed by atoms with E-state index < -0.39 is 10.0 Å². The summed E-state index contributed by atoms with van der Waals surface area (Å²) < 4.78 is 27.7. The molecule has 0 bridgehead atoms. The molecule has 21 heavy (non-hydrogen) atoms. The first-order valence-electron chi connectivity index (χ1n) is 6.56. The maximum absolute atomic E-state index is 12.5. The highest BCUT2D eigenvalue weighted by Crippen LogP contribution is 2.23.